The van der Waals surface area contributed by atoms with Crippen LogP contribution in [0.4, 0.5) is 0 Å². The molecule has 0 aromatic heterocycles. The van der Waals surface area contributed by atoms with Crippen molar-refractivity contribution in [3.8, 4) is 6.07 Å². The molecule has 0 heterocycles. The number of halogens is 1. The summed E-state index contributed by atoms with van der Waals surface area (Å²) >= 11 is 3.49. The van der Waals surface area contributed by atoms with Gasteiger partial charge in [0, 0.05) is 6.08 Å². The molecule has 1 nitrogen and oxygen atoms in total. The molecule has 64 valence electrons. The van der Waals surface area contributed by atoms with E-state index in [1.165, 1.54) is 4.48 Å². The van der Waals surface area contributed by atoms with Gasteiger partial charge in [0.15, 0.2) is 0 Å². The Morgan fingerprint density at radius 3 is 2.75 bits per heavy atom. The van der Waals surface area contributed by atoms with Crippen molar-refractivity contribution < 1.29 is 0 Å². The van der Waals surface area contributed by atoms with Gasteiger partial charge in [-0.15, -0.1) is 0 Å². The number of allylic oxidation sites excluding steroid dienone is 4. The third kappa shape index (κ3) is 2.49. The zero-order valence-corrected chi connectivity index (χ0v) is 8.98. The zero-order valence-electron chi connectivity index (χ0n) is 7.39. The van der Waals surface area contributed by atoms with Crippen molar-refractivity contribution in [2.45, 2.75) is 26.7 Å². The van der Waals surface area contributed by atoms with Crippen molar-refractivity contribution in [2.75, 3.05) is 0 Å². The summed E-state index contributed by atoms with van der Waals surface area (Å²) in [5, 5.41) is 8.50. The highest BCUT2D eigenvalue weighted by molar-refractivity contribution is 9.11. The molecule has 0 atom stereocenters. The average Bonchev–Trinajstić information content (AvgIpc) is 1.82. The molecule has 0 saturated carbocycles. The molecule has 0 unspecified atom stereocenters. The second kappa shape index (κ2) is 3.45. The van der Waals surface area contributed by atoms with E-state index in [1.807, 2.05) is 0 Å². The van der Waals surface area contributed by atoms with Gasteiger partial charge in [0.2, 0.25) is 0 Å². The minimum absolute atomic E-state index is 0.288. The second-order valence-corrected chi connectivity index (χ2v) is 4.98. The molecule has 0 bridgehead atoms. The standard InChI is InChI=1S/C10H12BrN/c1-10(2)6-8(3-4-12)5-9(11)7-10/h3,5H,6-7H2,1-2H3/b8-3+. The number of rotatable bonds is 0. The Balaban J connectivity index is 2.90. The molecule has 0 radical (unpaired) electrons. The Bertz CT molecular complexity index is 279. The quantitative estimate of drug-likeness (QED) is 0.579. The molecule has 0 N–H and O–H groups in total. The van der Waals surface area contributed by atoms with Crippen LogP contribution in [0.3, 0.4) is 0 Å². The lowest BCUT2D eigenvalue weighted by Crippen LogP contribution is -2.15. The van der Waals surface area contributed by atoms with E-state index in [0.717, 1.165) is 18.4 Å². The van der Waals surface area contributed by atoms with Gasteiger partial charge < -0.3 is 0 Å². The first-order valence-electron chi connectivity index (χ1n) is 3.98. The summed E-state index contributed by atoms with van der Waals surface area (Å²) < 4.78 is 1.19. The largest absolute Gasteiger partial charge is 0.193 e. The lowest BCUT2D eigenvalue weighted by Gasteiger charge is -2.28. The zero-order chi connectivity index (χ0) is 9.19. The van der Waals surface area contributed by atoms with Crippen LogP contribution in [0.1, 0.15) is 26.7 Å². The molecule has 2 heteroatoms. The monoisotopic (exact) mass is 225 g/mol. The summed E-state index contributed by atoms with van der Waals surface area (Å²) in [6.45, 7) is 4.43. The second-order valence-electron chi connectivity index (χ2n) is 3.96. The van der Waals surface area contributed by atoms with Crippen LogP contribution in [-0.4, -0.2) is 0 Å². The van der Waals surface area contributed by atoms with E-state index in [-0.39, 0.29) is 5.41 Å². The molecule has 1 aliphatic rings. The van der Waals surface area contributed by atoms with E-state index >= 15 is 0 Å². The fourth-order valence-corrected chi connectivity index (χ4v) is 2.60. The summed E-state index contributed by atoms with van der Waals surface area (Å²) in [7, 11) is 0. The Labute approximate surface area is 81.9 Å². The normalized spacial score (nSPS) is 24.8. The number of hydrogen-bond acceptors (Lipinski definition) is 1. The minimum Gasteiger partial charge on any atom is -0.193 e. The molecule has 0 fully saturated rings. The van der Waals surface area contributed by atoms with Gasteiger partial charge in [0.1, 0.15) is 0 Å². The van der Waals surface area contributed by atoms with Gasteiger partial charge in [0.05, 0.1) is 6.07 Å². The molecule has 0 amide bonds. The molecular weight excluding hydrogens is 214 g/mol. The van der Waals surface area contributed by atoms with E-state index in [4.69, 9.17) is 5.26 Å². The highest BCUT2D eigenvalue weighted by Crippen LogP contribution is 2.39. The van der Waals surface area contributed by atoms with Gasteiger partial charge in [-0.3, -0.25) is 0 Å². The van der Waals surface area contributed by atoms with Gasteiger partial charge in [-0.1, -0.05) is 29.8 Å². The fourth-order valence-electron chi connectivity index (χ4n) is 1.55. The van der Waals surface area contributed by atoms with Gasteiger partial charge in [0.25, 0.3) is 0 Å². The first-order chi connectivity index (χ1) is 5.53. The van der Waals surface area contributed by atoms with E-state index in [2.05, 4.69) is 41.9 Å². The van der Waals surface area contributed by atoms with Crippen LogP contribution in [0.25, 0.3) is 0 Å². The predicted molar refractivity (Wildman–Crippen MR) is 53.7 cm³/mol. The Kier molecular flexibility index (Phi) is 2.74. The lowest BCUT2D eigenvalue weighted by molar-refractivity contribution is 0.360. The topological polar surface area (TPSA) is 23.8 Å². The van der Waals surface area contributed by atoms with Crippen molar-refractivity contribution in [3.05, 3.63) is 22.2 Å². The maximum absolute atomic E-state index is 8.50. The maximum Gasteiger partial charge on any atom is 0.0914 e. The SMILES string of the molecule is CC1(C)CC(Br)=C/C(=C\C#N)C1. The Hall–Kier alpha value is -0.550. The number of hydrogen-bond donors (Lipinski definition) is 0. The number of nitrogens with zero attached hydrogens (tertiary/aromatic N) is 1. The van der Waals surface area contributed by atoms with Crippen molar-refractivity contribution >= 4 is 15.9 Å². The first kappa shape index (κ1) is 9.54. The summed E-state index contributed by atoms with van der Waals surface area (Å²) in [5.41, 5.74) is 1.41. The highest BCUT2D eigenvalue weighted by Gasteiger charge is 2.24. The summed E-state index contributed by atoms with van der Waals surface area (Å²) in [5.74, 6) is 0. The maximum atomic E-state index is 8.50. The summed E-state index contributed by atoms with van der Waals surface area (Å²) in [4.78, 5) is 0. The summed E-state index contributed by atoms with van der Waals surface area (Å²) in [6, 6.07) is 2.07. The van der Waals surface area contributed by atoms with Crippen LogP contribution in [-0.2, 0) is 0 Å². The number of nitriles is 1. The van der Waals surface area contributed by atoms with Gasteiger partial charge in [-0.25, -0.2) is 0 Å². The first-order valence-corrected chi connectivity index (χ1v) is 4.77. The molecule has 0 aliphatic heterocycles. The summed E-state index contributed by atoms with van der Waals surface area (Å²) in [6.07, 6.45) is 5.74. The van der Waals surface area contributed by atoms with E-state index in [9.17, 15) is 0 Å². The van der Waals surface area contributed by atoms with Crippen LogP contribution >= 0.6 is 15.9 Å². The lowest BCUT2D eigenvalue weighted by atomic mass is 9.79. The third-order valence-electron chi connectivity index (χ3n) is 1.92. The molecule has 0 aromatic carbocycles. The van der Waals surface area contributed by atoms with Crippen LogP contribution in [0, 0.1) is 16.7 Å². The van der Waals surface area contributed by atoms with E-state index in [0.29, 0.717) is 0 Å². The molecular formula is C10H12BrN. The average molecular weight is 226 g/mol. The fraction of sp³-hybridized carbons (Fsp3) is 0.500. The van der Waals surface area contributed by atoms with E-state index in [1.54, 1.807) is 6.08 Å². The van der Waals surface area contributed by atoms with Crippen LogP contribution in [0.5, 0.6) is 0 Å². The molecule has 1 rings (SSSR count). The molecule has 1 aliphatic carbocycles. The van der Waals surface area contributed by atoms with Crippen molar-refractivity contribution in [1.82, 2.24) is 0 Å². The molecule has 0 saturated heterocycles. The van der Waals surface area contributed by atoms with Crippen molar-refractivity contribution in [2.24, 2.45) is 5.41 Å². The Morgan fingerprint density at radius 2 is 2.25 bits per heavy atom. The van der Waals surface area contributed by atoms with Crippen LogP contribution in [0.2, 0.25) is 0 Å². The van der Waals surface area contributed by atoms with Crippen LogP contribution in [0.15, 0.2) is 22.2 Å². The van der Waals surface area contributed by atoms with Gasteiger partial charge in [-0.2, -0.15) is 5.26 Å². The molecule has 0 spiro atoms. The Morgan fingerprint density at radius 1 is 1.58 bits per heavy atom. The molecule has 12 heavy (non-hydrogen) atoms. The highest BCUT2D eigenvalue weighted by atomic mass is 79.9. The predicted octanol–water partition coefficient (Wildman–Crippen LogP) is 3.54. The molecule has 0 aromatic rings. The third-order valence-corrected chi connectivity index (χ3v) is 2.43. The smallest absolute Gasteiger partial charge is 0.0914 e. The van der Waals surface area contributed by atoms with Gasteiger partial charge in [-0.05, 0) is 34.4 Å². The van der Waals surface area contributed by atoms with Crippen LogP contribution < -0.4 is 0 Å². The van der Waals surface area contributed by atoms with Gasteiger partial charge >= 0.3 is 0 Å². The van der Waals surface area contributed by atoms with E-state index < -0.39 is 0 Å². The van der Waals surface area contributed by atoms with Crippen molar-refractivity contribution in [1.29, 1.82) is 5.26 Å². The minimum atomic E-state index is 0.288. The van der Waals surface area contributed by atoms with Crippen molar-refractivity contribution in [3.63, 3.8) is 0 Å².